The van der Waals surface area contributed by atoms with Gasteiger partial charge < -0.3 is 19.8 Å². The van der Waals surface area contributed by atoms with E-state index in [0.29, 0.717) is 17.9 Å². The molecule has 1 saturated heterocycles. The Morgan fingerprint density at radius 3 is 2.86 bits per heavy atom. The number of ether oxygens (including phenoxy) is 1. The summed E-state index contributed by atoms with van der Waals surface area (Å²) in [5.74, 6) is 0.579. The molecular formula is C20H26N6O2. The van der Waals surface area contributed by atoms with Gasteiger partial charge in [-0.05, 0) is 26.0 Å². The first-order chi connectivity index (χ1) is 13.6. The molecule has 0 aromatic carbocycles. The topological polar surface area (TPSA) is 83.8 Å². The van der Waals surface area contributed by atoms with Gasteiger partial charge in [0.1, 0.15) is 12.1 Å². The number of hydrogen-bond acceptors (Lipinski definition) is 6. The van der Waals surface area contributed by atoms with Crippen molar-refractivity contribution in [2.75, 3.05) is 44.7 Å². The Morgan fingerprint density at radius 1 is 1.25 bits per heavy atom. The minimum atomic E-state index is -0.103. The van der Waals surface area contributed by atoms with Crippen molar-refractivity contribution in [1.82, 2.24) is 24.6 Å². The normalized spacial score (nSPS) is 15.4. The van der Waals surface area contributed by atoms with Gasteiger partial charge in [-0.3, -0.25) is 9.69 Å². The van der Waals surface area contributed by atoms with Gasteiger partial charge in [0.15, 0.2) is 5.65 Å². The van der Waals surface area contributed by atoms with Gasteiger partial charge in [0.2, 0.25) is 0 Å². The molecule has 2 N–H and O–H groups in total. The number of pyridine rings is 1. The lowest BCUT2D eigenvalue weighted by atomic mass is 10.1. The van der Waals surface area contributed by atoms with Crippen molar-refractivity contribution >= 4 is 28.3 Å². The highest BCUT2D eigenvalue weighted by Crippen LogP contribution is 2.30. The molecule has 28 heavy (non-hydrogen) atoms. The zero-order valence-electron chi connectivity index (χ0n) is 16.3. The van der Waals surface area contributed by atoms with Crippen LogP contribution in [0.25, 0.3) is 16.6 Å². The van der Waals surface area contributed by atoms with E-state index in [1.807, 2.05) is 42.6 Å². The number of aromatic nitrogens is 3. The standard InChI is InChI=1S/C20H26N6O2/c1-14(2)24-18-17-16(20(27)21-6-8-25-9-11-28-12-10-25)15-5-3-4-7-26(15)19(17)23-13-22-18/h3-5,7,13-14H,6,8-12H2,1-2H3,(H,21,27)(H,22,23,24). The summed E-state index contributed by atoms with van der Waals surface area (Å²) in [5.41, 5.74) is 2.17. The largest absolute Gasteiger partial charge is 0.379 e. The molecular weight excluding hydrogens is 356 g/mol. The summed E-state index contributed by atoms with van der Waals surface area (Å²) >= 11 is 0. The molecule has 148 valence electrons. The molecule has 1 amide bonds. The summed E-state index contributed by atoms with van der Waals surface area (Å²) in [6, 6.07) is 6.00. The molecule has 0 aliphatic carbocycles. The summed E-state index contributed by atoms with van der Waals surface area (Å²) in [4.78, 5) is 24.3. The number of amides is 1. The molecule has 3 aromatic heterocycles. The number of fused-ring (bicyclic) bond motifs is 3. The predicted octanol–water partition coefficient (Wildman–Crippen LogP) is 1.76. The van der Waals surface area contributed by atoms with E-state index in [1.165, 1.54) is 6.33 Å². The molecule has 8 heteroatoms. The molecule has 0 atom stereocenters. The van der Waals surface area contributed by atoms with Crippen LogP contribution in [0.3, 0.4) is 0 Å². The van der Waals surface area contributed by atoms with Crippen LogP contribution in [0, 0.1) is 0 Å². The third-order valence-corrected chi connectivity index (χ3v) is 4.89. The van der Waals surface area contributed by atoms with Crippen LogP contribution in [0.15, 0.2) is 30.7 Å². The first kappa shape index (κ1) is 18.6. The molecule has 0 saturated carbocycles. The van der Waals surface area contributed by atoms with Crippen LogP contribution in [0.4, 0.5) is 5.82 Å². The summed E-state index contributed by atoms with van der Waals surface area (Å²) in [6.45, 7) is 8.82. The van der Waals surface area contributed by atoms with Crippen molar-refractivity contribution in [2.24, 2.45) is 0 Å². The summed E-state index contributed by atoms with van der Waals surface area (Å²) in [7, 11) is 0. The quantitative estimate of drug-likeness (QED) is 0.676. The molecule has 4 rings (SSSR count). The van der Waals surface area contributed by atoms with Crippen molar-refractivity contribution in [2.45, 2.75) is 19.9 Å². The smallest absolute Gasteiger partial charge is 0.254 e. The molecule has 8 nitrogen and oxygen atoms in total. The van der Waals surface area contributed by atoms with Crippen LogP contribution < -0.4 is 10.6 Å². The van der Waals surface area contributed by atoms with E-state index in [-0.39, 0.29) is 11.9 Å². The Hall–Kier alpha value is -2.71. The van der Waals surface area contributed by atoms with Crippen molar-refractivity contribution in [3.63, 3.8) is 0 Å². The van der Waals surface area contributed by atoms with Gasteiger partial charge >= 0.3 is 0 Å². The SMILES string of the molecule is CC(C)Nc1ncnc2c1c(C(=O)NCCN1CCOCC1)c1ccccn12. The second-order valence-electron chi connectivity index (χ2n) is 7.26. The maximum absolute atomic E-state index is 13.2. The minimum Gasteiger partial charge on any atom is -0.379 e. The fourth-order valence-corrected chi connectivity index (χ4v) is 3.60. The highest BCUT2D eigenvalue weighted by atomic mass is 16.5. The van der Waals surface area contributed by atoms with E-state index in [1.54, 1.807) is 0 Å². The van der Waals surface area contributed by atoms with Gasteiger partial charge in [-0.15, -0.1) is 0 Å². The number of carbonyl (C=O) groups excluding carboxylic acids is 1. The Balaban J connectivity index is 1.66. The average molecular weight is 382 g/mol. The zero-order valence-corrected chi connectivity index (χ0v) is 16.3. The minimum absolute atomic E-state index is 0.103. The molecule has 0 unspecified atom stereocenters. The predicted molar refractivity (Wildman–Crippen MR) is 109 cm³/mol. The van der Waals surface area contributed by atoms with Crippen molar-refractivity contribution in [3.05, 3.63) is 36.3 Å². The summed E-state index contributed by atoms with van der Waals surface area (Å²) in [5, 5.41) is 7.18. The van der Waals surface area contributed by atoms with Crippen LogP contribution in [0.5, 0.6) is 0 Å². The molecule has 0 bridgehead atoms. The third kappa shape index (κ3) is 3.65. The van der Waals surface area contributed by atoms with Crippen LogP contribution in [0.2, 0.25) is 0 Å². The molecule has 1 fully saturated rings. The van der Waals surface area contributed by atoms with Crippen molar-refractivity contribution in [1.29, 1.82) is 0 Å². The fourth-order valence-electron chi connectivity index (χ4n) is 3.60. The Morgan fingerprint density at radius 2 is 2.07 bits per heavy atom. The molecule has 1 aliphatic heterocycles. The number of morpholine rings is 1. The Bertz CT molecular complexity index is 977. The second-order valence-corrected chi connectivity index (χ2v) is 7.26. The van der Waals surface area contributed by atoms with E-state index in [9.17, 15) is 4.79 Å². The van der Waals surface area contributed by atoms with Gasteiger partial charge in [0, 0.05) is 38.4 Å². The fraction of sp³-hybridized carbons (Fsp3) is 0.450. The number of anilines is 1. The number of rotatable bonds is 6. The number of carbonyl (C=O) groups is 1. The summed E-state index contributed by atoms with van der Waals surface area (Å²) < 4.78 is 7.32. The third-order valence-electron chi connectivity index (χ3n) is 4.89. The highest BCUT2D eigenvalue weighted by Gasteiger charge is 2.22. The van der Waals surface area contributed by atoms with E-state index in [4.69, 9.17) is 4.74 Å². The molecule has 3 aromatic rings. The monoisotopic (exact) mass is 382 g/mol. The van der Waals surface area contributed by atoms with E-state index in [0.717, 1.165) is 49.4 Å². The molecule has 1 aliphatic rings. The van der Waals surface area contributed by atoms with Crippen LogP contribution in [-0.2, 0) is 4.74 Å². The van der Waals surface area contributed by atoms with E-state index < -0.39 is 0 Å². The lowest BCUT2D eigenvalue weighted by molar-refractivity contribution is 0.0383. The number of hydrogen-bond donors (Lipinski definition) is 2. The number of nitrogens with zero attached hydrogens (tertiary/aromatic N) is 4. The first-order valence-corrected chi connectivity index (χ1v) is 9.73. The average Bonchev–Trinajstić information content (AvgIpc) is 3.04. The maximum atomic E-state index is 13.2. The Kier molecular flexibility index (Phi) is 5.40. The van der Waals surface area contributed by atoms with Gasteiger partial charge in [0.25, 0.3) is 5.91 Å². The lowest BCUT2D eigenvalue weighted by Gasteiger charge is -2.26. The first-order valence-electron chi connectivity index (χ1n) is 9.73. The van der Waals surface area contributed by atoms with Gasteiger partial charge in [-0.1, -0.05) is 6.07 Å². The Labute approximate surface area is 163 Å². The van der Waals surface area contributed by atoms with Gasteiger partial charge in [0.05, 0.1) is 29.7 Å². The van der Waals surface area contributed by atoms with E-state index in [2.05, 4.69) is 25.5 Å². The van der Waals surface area contributed by atoms with Crippen LogP contribution in [0.1, 0.15) is 24.2 Å². The highest BCUT2D eigenvalue weighted by molar-refractivity contribution is 6.16. The summed E-state index contributed by atoms with van der Waals surface area (Å²) in [6.07, 6.45) is 3.46. The van der Waals surface area contributed by atoms with Gasteiger partial charge in [-0.2, -0.15) is 0 Å². The zero-order chi connectivity index (χ0) is 19.5. The molecule has 0 radical (unpaired) electrons. The van der Waals surface area contributed by atoms with Crippen LogP contribution in [-0.4, -0.2) is 70.6 Å². The van der Waals surface area contributed by atoms with Crippen molar-refractivity contribution in [3.8, 4) is 0 Å². The van der Waals surface area contributed by atoms with E-state index >= 15 is 0 Å². The second kappa shape index (κ2) is 8.12. The molecule has 4 heterocycles. The lowest BCUT2D eigenvalue weighted by Crippen LogP contribution is -2.41. The van der Waals surface area contributed by atoms with Crippen LogP contribution >= 0.6 is 0 Å². The maximum Gasteiger partial charge on any atom is 0.254 e. The molecule has 0 spiro atoms. The van der Waals surface area contributed by atoms with Crippen molar-refractivity contribution < 1.29 is 9.53 Å². The number of nitrogens with one attached hydrogen (secondary N) is 2. The van der Waals surface area contributed by atoms with Gasteiger partial charge in [-0.25, -0.2) is 9.97 Å².